The molecule has 4 aromatic rings. The maximum Gasteiger partial charge on any atom is 0.407 e. The van der Waals surface area contributed by atoms with E-state index in [4.69, 9.17) is 25.4 Å². The Morgan fingerprint density at radius 2 is 1.02 bits per heavy atom. The molecule has 1 amide bonds. The number of nitrogens with two attached hydrogens (primary N) is 1. The maximum absolute atomic E-state index is 11.8. The number of rotatable bonds is 9. The van der Waals surface area contributed by atoms with Gasteiger partial charge in [-0.3, -0.25) is 4.79 Å². The van der Waals surface area contributed by atoms with Crippen LogP contribution < -0.4 is 11.1 Å². The molecule has 0 atom stereocenters. The minimum atomic E-state index is -0.450. The van der Waals surface area contributed by atoms with E-state index >= 15 is 0 Å². The zero-order valence-corrected chi connectivity index (χ0v) is 26.5. The van der Waals surface area contributed by atoms with Crippen LogP contribution in [0, 0.1) is 0 Å². The fraction of sp³-hybridized carbons (Fsp3) is 0.231. The molecule has 5 N–H and O–H groups in total. The second-order valence-electron chi connectivity index (χ2n) is 10.8. The predicted octanol–water partition coefficient (Wildman–Crippen LogP) is 5.93. The van der Waals surface area contributed by atoms with Gasteiger partial charge in [0.05, 0.1) is 13.2 Å². The second-order valence-corrected chi connectivity index (χ2v) is 10.8. The molecule has 0 heterocycles. The van der Waals surface area contributed by atoms with Crippen LogP contribution in [0.15, 0.2) is 121 Å². The first-order chi connectivity index (χ1) is 23.0. The molecule has 2 aliphatic carbocycles. The normalized spacial score (nSPS) is 12.6. The molecule has 244 valence electrons. The molecule has 8 nitrogen and oxygen atoms in total. The minimum Gasteiger partial charge on any atom is -0.465 e. The first kappa shape index (κ1) is 34.8. The van der Waals surface area contributed by atoms with Gasteiger partial charge in [0.15, 0.2) is 0 Å². The van der Waals surface area contributed by atoms with Crippen LogP contribution in [-0.4, -0.2) is 61.8 Å². The van der Waals surface area contributed by atoms with E-state index in [9.17, 15) is 9.59 Å². The minimum absolute atomic E-state index is 0.0353. The highest BCUT2D eigenvalue weighted by molar-refractivity contribution is 5.80. The van der Waals surface area contributed by atoms with Crippen molar-refractivity contribution in [3.8, 4) is 22.3 Å². The van der Waals surface area contributed by atoms with Crippen LogP contribution in [0.1, 0.15) is 41.0 Å². The summed E-state index contributed by atoms with van der Waals surface area (Å²) in [5.41, 5.74) is 14.8. The van der Waals surface area contributed by atoms with Crippen LogP contribution in [0.5, 0.6) is 0 Å². The number of carbonyl (C=O) groups is 2. The molecular weight excluding hydrogens is 592 g/mol. The number of aliphatic hydroxyl groups excluding tert-OH is 2. The van der Waals surface area contributed by atoms with Crippen LogP contribution >= 0.6 is 0 Å². The van der Waals surface area contributed by atoms with E-state index in [1.54, 1.807) is 24.3 Å². The number of esters is 1. The van der Waals surface area contributed by atoms with E-state index in [1.165, 1.54) is 51.4 Å². The molecule has 0 aromatic heterocycles. The Bertz CT molecular complexity index is 1580. The fourth-order valence-electron chi connectivity index (χ4n) is 5.76. The Morgan fingerprint density at radius 1 is 0.638 bits per heavy atom. The van der Waals surface area contributed by atoms with Gasteiger partial charge in [-0.15, -0.1) is 0 Å². The van der Waals surface area contributed by atoms with Crippen LogP contribution in [0.25, 0.3) is 22.3 Å². The van der Waals surface area contributed by atoms with Gasteiger partial charge in [0.25, 0.3) is 0 Å². The first-order valence-electron chi connectivity index (χ1n) is 15.6. The third-order valence-corrected chi connectivity index (χ3v) is 7.80. The summed E-state index contributed by atoms with van der Waals surface area (Å²) in [6.45, 7) is 3.10. The van der Waals surface area contributed by atoms with Crippen LogP contribution in [0.3, 0.4) is 0 Å². The lowest BCUT2D eigenvalue weighted by molar-refractivity contribution is -0.141. The topological polar surface area (TPSA) is 131 Å². The molecule has 0 fully saturated rings. The zero-order valence-electron chi connectivity index (χ0n) is 26.5. The summed E-state index contributed by atoms with van der Waals surface area (Å²) in [5, 5.41) is 19.3. The van der Waals surface area contributed by atoms with Crippen LogP contribution in [-0.2, 0) is 14.3 Å². The SMILES string of the molecule is CC(=O)OCC1c2ccccc2-c2ccccc21.NC/C=C\CO.O=C(NC/C=C\CO)OCC1c2ccccc2-c2ccccc21. The van der Waals surface area contributed by atoms with E-state index in [0.717, 1.165) is 0 Å². The third-order valence-electron chi connectivity index (χ3n) is 7.80. The molecule has 0 saturated heterocycles. The van der Waals surface area contributed by atoms with Crippen molar-refractivity contribution in [2.45, 2.75) is 18.8 Å². The number of alkyl carbamates (subject to hydrolysis) is 1. The van der Waals surface area contributed by atoms with E-state index in [2.05, 4.69) is 53.8 Å². The van der Waals surface area contributed by atoms with Crippen molar-refractivity contribution in [2.24, 2.45) is 5.73 Å². The largest absolute Gasteiger partial charge is 0.465 e. The highest BCUT2D eigenvalue weighted by atomic mass is 16.5. The molecule has 6 rings (SSSR count). The van der Waals surface area contributed by atoms with Gasteiger partial charge in [-0.1, -0.05) is 121 Å². The number of aliphatic hydroxyl groups is 2. The number of amides is 1. The Kier molecular flexibility index (Phi) is 13.5. The number of fused-ring (bicyclic) bond motifs is 6. The Balaban J connectivity index is 0.000000185. The summed E-state index contributed by atoms with van der Waals surface area (Å²) >= 11 is 0. The summed E-state index contributed by atoms with van der Waals surface area (Å²) in [6, 6.07) is 33.1. The lowest BCUT2D eigenvalue weighted by atomic mass is 9.98. The average molecular weight is 635 g/mol. The van der Waals surface area contributed by atoms with Crippen LogP contribution in [0.2, 0.25) is 0 Å². The monoisotopic (exact) mass is 634 g/mol. The number of hydrogen-bond acceptors (Lipinski definition) is 7. The molecule has 47 heavy (non-hydrogen) atoms. The Morgan fingerprint density at radius 3 is 1.38 bits per heavy atom. The van der Waals surface area contributed by atoms with Crippen molar-refractivity contribution >= 4 is 12.1 Å². The third kappa shape index (κ3) is 9.26. The highest BCUT2D eigenvalue weighted by Crippen LogP contribution is 2.45. The van der Waals surface area contributed by atoms with Gasteiger partial charge in [0.2, 0.25) is 0 Å². The molecule has 0 unspecified atom stereocenters. The number of benzene rings is 4. The van der Waals surface area contributed by atoms with Crippen molar-refractivity contribution in [3.63, 3.8) is 0 Å². The zero-order chi connectivity index (χ0) is 33.4. The van der Waals surface area contributed by atoms with E-state index in [0.29, 0.717) is 26.3 Å². The molecule has 0 bridgehead atoms. The molecule has 0 radical (unpaired) electrons. The first-order valence-corrected chi connectivity index (χ1v) is 15.6. The Labute approximate surface area is 276 Å². The molecule has 8 heteroatoms. The second kappa shape index (κ2) is 18.2. The summed E-state index contributed by atoms with van der Waals surface area (Å²) < 4.78 is 10.6. The number of carbonyl (C=O) groups excluding carboxylic acids is 2. The number of ether oxygens (including phenoxy) is 2. The number of nitrogens with one attached hydrogen (secondary N) is 1. The van der Waals surface area contributed by atoms with Gasteiger partial charge in [-0.25, -0.2) is 4.79 Å². The lowest BCUT2D eigenvalue weighted by Gasteiger charge is -2.14. The lowest BCUT2D eigenvalue weighted by Crippen LogP contribution is -2.26. The maximum atomic E-state index is 11.8. The summed E-state index contributed by atoms with van der Waals surface area (Å²) in [5.74, 6) is 0.0132. The van der Waals surface area contributed by atoms with Crippen molar-refractivity contribution in [2.75, 3.05) is 39.5 Å². The van der Waals surface area contributed by atoms with Gasteiger partial charge in [0, 0.05) is 31.8 Å². The molecule has 2 aliphatic rings. The van der Waals surface area contributed by atoms with Crippen molar-refractivity contribution in [3.05, 3.63) is 144 Å². The van der Waals surface area contributed by atoms with Gasteiger partial charge in [0.1, 0.15) is 13.2 Å². The smallest absolute Gasteiger partial charge is 0.407 e. The summed E-state index contributed by atoms with van der Waals surface area (Å²) in [4.78, 5) is 22.8. The fourth-order valence-corrected chi connectivity index (χ4v) is 5.76. The van der Waals surface area contributed by atoms with E-state index in [1.807, 2.05) is 48.5 Å². The van der Waals surface area contributed by atoms with Crippen molar-refractivity contribution in [1.29, 1.82) is 0 Å². The van der Waals surface area contributed by atoms with Crippen molar-refractivity contribution < 1.29 is 29.3 Å². The average Bonchev–Trinajstić information content (AvgIpc) is 3.60. The van der Waals surface area contributed by atoms with Crippen LogP contribution in [0.4, 0.5) is 4.79 Å². The highest BCUT2D eigenvalue weighted by Gasteiger charge is 2.29. The van der Waals surface area contributed by atoms with E-state index < -0.39 is 6.09 Å². The molecule has 0 saturated carbocycles. The molecular formula is C39H42N2O6. The molecule has 0 spiro atoms. The Hall–Kier alpha value is -5.02. The number of hydrogen-bond donors (Lipinski definition) is 4. The summed E-state index contributed by atoms with van der Waals surface area (Å²) in [7, 11) is 0. The van der Waals surface area contributed by atoms with Gasteiger partial charge < -0.3 is 30.7 Å². The standard InChI is InChI=1S/C19H19NO3.C16H14O2.C4H9NO/c21-12-6-5-11-20-19(22)23-13-18-16-9-3-1-7-14(16)15-8-2-4-10-17(15)18;1-11(17)18-10-16-14-8-4-2-6-12(14)13-7-3-5-9-15(13)16;5-3-1-2-4-6/h1-10,18,21H,11-13H2,(H,20,22);2-9,16H,10H2,1H3;1-2,6H,3-5H2/b6-5-;;2-1-. The van der Waals surface area contributed by atoms with Gasteiger partial charge in [-0.05, 0) is 44.5 Å². The van der Waals surface area contributed by atoms with Gasteiger partial charge >= 0.3 is 12.1 Å². The predicted molar refractivity (Wildman–Crippen MR) is 185 cm³/mol. The quantitative estimate of drug-likeness (QED) is 0.133. The van der Waals surface area contributed by atoms with Crippen molar-refractivity contribution in [1.82, 2.24) is 5.32 Å². The molecule has 0 aliphatic heterocycles. The summed E-state index contributed by atoms with van der Waals surface area (Å²) in [6.07, 6.45) is 6.12. The van der Waals surface area contributed by atoms with E-state index in [-0.39, 0.29) is 31.0 Å². The molecule has 4 aromatic carbocycles. The van der Waals surface area contributed by atoms with Gasteiger partial charge in [-0.2, -0.15) is 0 Å².